The number of rotatable bonds is 6. The SMILES string of the molecule is CN(CC1CC1)C(=O)Cc1csc(NC(=O)c2cccc(O)c2)n1. The molecule has 1 aliphatic carbocycles. The molecule has 2 N–H and O–H groups in total. The number of aromatic hydroxyl groups is 1. The van der Waals surface area contributed by atoms with Crippen molar-refractivity contribution in [2.75, 3.05) is 18.9 Å². The number of carbonyl (C=O) groups excluding carboxylic acids is 2. The number of hydrogen-bond donors (Lipinski definition) is 2. The Labute approximate surface area is 144 Å². The van der Waals surface area contributed by atoms with E-state index in [1.807, 2.05) is 7.05 Å². The predicted molar refractivity (Wildman–Crippen MR) is 92.2 cm³/mol. The van der Waals surface area contributed by atoms with E-state index >= 15 is 0 Å². The molecule has 1 aromatic carbocycles. The largest absolute Gasteiger partial charge is 0.508 e. The highest BCUT2D eigenvalue weighted by Gasteiger charge is 2.25. The molecule has 0 unspecified atom stereocenters. The van der Waals surface area contributed by atoms with Crippen LogP contribution in [-0.2, 0) is 11.2 Å². The lowest BCUT2D eigenvalue weighted by molar-refractivity contribution is -0.129. The summed E-state index contributed by atoms with van der Waals surface area (Å²) in [6, 6.07) is 6.11. The molecule has 1 aromatic heterocycles. The van der Waals surface area contributed by atoms with Gasteiger partial charge in [0.2, 0.25) is 5.91 Å². The summed E-state index contributed by atoms with van der Waals surface area (Å²) in [5.74, 6) is 0.389. The number of phenols is 1. The van der Waals surface area contributed by atoms with Gasteiger partial charge in [-0.15, -0.1) is 11.3 Å². The number of nitrogens with zero attached hydrogens (tertiary/aromatic N) is 2. The fraction of sp³-hybridized carbons (Fsp3) is 0.353. The summed E-state index contributed by atoms with van der Waals surface area (Å²) < 4.78 is 0. The first kappa shape index (κ1) is 16.4. The second-order valence-corrected chi connectivity index (χ2v) is 6.90. The molecule has 3 rings (SSSR count). The molecule has 126 valence electrons. The van der Waals surface area contributed by atoms with Crippen LogP contribution in [-0.4, -0.2) is 40.4 Å². The highest BCUT2D eigenvalue weighted by molar-refractivity contribution is 7.14. The molecule has 24 heavy (non-hydrogen) atoms. The smallest absolute Gasteiger partial charge is 0.257 e. The summed E-state index contributed by atoms with van der Waals surface area (Å²) in [4.78, 5) is 30.3. The number of aromatic nitrogens is 1. The first-order chi connectivity index (χ1) is 11.5. The van der Waals surface area contributed by atoms with Crippen LogP contribution >= 0.6 is 11.3 Å². The minimum absolute atomic E-state index is 0.0341. The van der Waals surface area contributed by atoms with Crippen LogP contribution in [0.5, 0.6) is 5.75 Å². The van der Waals surface area contributed by atoms with Crippen molar-refractivity contribution in [2.45, 2.75) is 19.3 Å². The third kappa shape index (κ3) is 4.32. The molecule has 2 aromatic rings. The molecule has 0 aliphatic heterocycles. The second kappa shape index (κ2) is 7.00. The maximum Gasteiger partial charge on any atom is 0.257 e. The van der Waals surface area contributed by atoms with Crippen LogP contribution in [0.25, 0.3) is 0 Å². The van der Waals surface area contributed by atoms with E-state index in [1.165, 1.54) is 36.3 Å². The molecule has 1 fully saturated rings. The van der Waals surface area contributed by atoms with Crippen molar-refractivity contribution in [1.29, 1.82) is 0 Å². The average molecular weight is 345 g/mol. The van der Waals surface area contributed by atoms with Crippen molar-refractivity contribution >= 4 is 28.3 Å². The van der Waals surface area contributed by atoms with Gasteiger partial charge in [-0.3, -0.25) is 14.9 Å². The molecule has 0 atom stereocenters. The van der Waals surface area contributed by atoms with Crippen molar-refractivity contribution in [3.63, 3.8) is 0 Å². The third-order valence-corrected chi connectivity index (χ3v) is 4.67. The van der Waals surface area contributed by atoms with Crippen LogP contribution in [0.4, 0.5) is 5.13 Å². The maximum absolute atomic E-state index is 12.1. The van der Waals surface area contributed by atoms with E-state index in [1.54, 1.807) is 22.4 Å². The molecule has 1 heterocycles. The Morgan fingerprint density at radius 3 is 2.92 bits per heavy atom. The monoisotopic (exact) mass is 345 g/mol. The highest BCUT2D eigenvalue weighted by atomic mass is 32.1. The van der Waals surface area contributed by atoms with E-state index < -0.39 is 0 Å². The summed E-state index contributed by atoms with van der Waals surface area (Å²) in [5, 5.41) is 14.3. The normalized spacial score (nSPS) is 13.5. The summed E-state index contributed by atoms with van der Waals surface area (Å²) in [7, 11) is 1.82. The van der Waals surface area contributed by atoms with Gasteiger partial charge in [0.15, 0.2) is 5.13 Å². The lowest BCUT2D eigenvalue weighted by Gasteiger charge is -2.15. The molecule has 2 amide bonds. The van der Waals surface area contributed by atoms with Gasteiger partial charge in [-0.1, -0.05) is 6.07 Å². The molecule has 0 radical (unpaired) electrons. The molecule has 6 nitrogen and oxygen atoms in total. The van der Waals surface area contributed by atoms with Gasteiger partial charge in [0, 0.05) is 24.5 Å². The van der Waals surface area contributed by atoms with Crippen molar-refractivity contribution < 1.29 is 14.7 Å². The van der Waals surface area contributed by atoms with E-state index in [0.29, 0.717) is 22.3 Å². The number of carbonyl (C=O) groups is 2. The first-order valence-corrected chi connectivity index (χ1v) is 8.68. The number of thiazole rings is 1. The van der Waals surface area contributed by atoms with Crippen LogP contribution in [0.15, 0.2) is 29.6 Å². The quantitative estimate of drug-likeness (QED) is 0.843. The van der Waals surface area contributed by atoms with Gasteiger partial charge in [-0.05, 0) is 37.0 Å². The number of benzene rings is 1. The second-order valence-electron chi connectivity index (χ2n) is 6.04. The minimum Gasteiger partial charge on any atom is -0.508 e. The van der Waals surface area contributed by atoms with E-state index in [-0.39, 0.29) is 24.0 Å². The van der Waals surface area contributed by atoms with E-state index in [4.69, 9.17) is 0 Å². The average Bonchev–Trinajstić information content (AvgIpc) is 3.26. The standard InChI is InChI=1S/C17H19N3O3S/c1-20(9-11-5-6-11)15(22)8-13-10-24-17(18-13)19-16(23)12-3-2-4-14(21)7-12/h2-4,7,10-11,21H,5-6,8-9H2,1H3,(H,18,19,23). The van der Waals surface area contributed by atoms with Crippen LogP contribution in [0.3, 0.4) is 0 Å². The fourth-order valence-corrected chi connectivity index (χ4v) is 3.05. The third-order valence-electron chi connectivity index (χ3n) is 3.87. The zero-order valence-electron chi connectivity index (χ0n) is 13.4. The van der Waals surface area contributed by atoms with Crippen LogP contribution in [0.1, 0.15) is 28.9 Å². The number of nitrogens with one attached hydrogen (secondary N) is 1. The van der Waals surface area contributed by atoms with Gasteiger partial charge >= 0.3 is 0 Å². The van der Waals surface area contributed by atoms with Crippen molar-refractivity contribution in [2.24, 2.45) is 5.92 Å². The molecule has 0 bridgehead atoms. The number of likely N-dealkylation sites (N-methyl/N-ethyl adjacent to an activating group) is 1. The maximum atomic E-state index is 12.1. The molecular formula is C17H19N3O3S. The Kier molecular flexibility index (Phi) is 4.80. The van der Waals surface area contributed by atoms with Crippen LogP contribution < -0.4 is 5.32 Å². The van der Waals surface area contributed by atoms with E-state index in [2.05, 4.69) is 10.3 Å². The summed E-state index contributed by atoms with van der Waals surface area (Å²) in [6.07, 6.45) is 2.65. The van der Waals surface area contributed by atoms with Gasteiger partial charge < -0.3 is 10.0 Å². The first-order valence-electron chi connectivity index (χ1n) is 7.80. The van der Waals surface area contributed by atoms with Crippen LogP contribution in [0.2, 0.25) is 0 Å². The Morgan fingerprint density at radius 1 is 1.42 bits per heavy atom. The molecule has 1 aliphatic rings. The molecular weight excluding hydrogens is 326 g/mol. The number of anilines is 1. The molecule has 0 saturated heterocycles. The Hall–Kier alpha value is -2.41. The van der Waals surface area contributed by atoms with E-state index in [0.717, 1.165) is 6.54 Å². The minimum atomic E-state index is -0.344. The number of amides is 2. The summed E-state index contributed by atoms with van der Waals surface area (Å²) in [5.41, 5.74) is 1.01. The molecule has 1 saturated carbocycles. The Morgan fingerprint density at radius 2 is 2.21 bits per heavy atom. The fourth-order valence-electron chi connectivity index (χ4n) is 2.34. The highest BCUT2D eigenvalue weighted by Crippen LogP contribution is 2.29. The van der Waals surface area contributed by atoms with Crippen molar-refractivity contribution in [3.05, 3.63) is 40.9 Å². The zero-order chi connectivity index (χ0) is 17.1. The topological polar surface area (TPSA) is 82.5 Å². The van der Waals surface area contributed by atoms with Gasteiger partial charge in [0.25, 0.3) is 5.91 Å². The molecule has 0 spiro atoms. The Balaban J connectivity index is 1.56. The lowest BCUT2D eigenvalue weighted by atomic mass is 10.2. The lowest BCUT2D eigenvalue weighted by Crippen LogP contribution is -2.30. The number of hydrogen-bond acceptors (Lipinski definition) is 5. The Bertz CT molecular complexity index is 755. The van der Waals surface area contributed by atoms with Crippen molar-refractivity contribution in [3.8, 4) is 5.75 Å². The van der Waals surface area contributed by atoms with Gasteiger partial charge in [-0.25, -0.2) is 4.98 Å². The summed E-state index contributed by atoms with van der Waals surface area (Å²) in [6.45, 7) is 0.810. The zero-order valence-corrected chi connectivity index (χ0v) is 14.2. The molecule has 7 heteroatoms. The summed E-state index contributed by atoms with van der Waals surface area (Å²) >= 11 is 1.28. The number of phenolic OH excluding ortho intramolecular Hbond substituents is 1. The van der Waals surface area contributed by atoms with Crippen molar-refractivity contribution in [1.82, 2.24) is 9.88 Å². The van der Waals surface area contributed by atoms with Gasteiger partial charge in [0.05, 0.1) is 12.1 Å². The van der Waals surface area contributed by atoms with Crippen LogP contribution in [0, 0.1) is 5.92 Å². The van der Waals surface area contributed by atoms with Gasteiger partial charge in [-0.2, -0.15) is 0 Å². The van der Waals surface area contributed by atoms with E-state index in [9.17, 15) is 14.7 Å². The predicted octanol–water partition coefficient (Wildman–Crippen LogP) is 2.51. The van der Waals surface area contributed by atoms with Gasteiger partial charge in [0.1, 0.15) is 5.75 Å².